The standard InChI is InChI=1S/C14H21N/c1-5-13-6-8-14(9-7-13)12(4)15-10-11(2)3/h6-9,12,15H,2,5,10H2,1,3-4H3. The van der Waals surface area contributed by atoms with E-state index < -0.39 is 0 Å². The Kier molecular flexibility index (Phi) is 4.57. The van der Waals surface area contributed by atoms with Crippen molar-refractivity contribution in [3.63, 3.8) is 0 Å². The molecule has 0 aromatic heterocycles. The molecule has 1 N–H and O–H groups in total. The van der Waals surface area contributed by atoms with Crippen LogP contribution in [0.4, 0.5) is 0 Å². The zero-order valence-corrected chi connectivity index (χ0v) is 10.0. The third-order valence-electron chi connectivity index (χ3n) is 2.60. The molecular formula is C14H21N. The van der Waals surface area contributed by atoms with Gasteiger partial charge in [0.05, 0.1) is 0 Å². The fourth-order valence-electron chi connectivity index (χ4n) is 1.49. The highest BCUT2D eigenvalue weighted by Gasteiger charge is 2.03. The Labute approximate surface area is 93.2 Å². The summed E-state index contributed by atoms with van der Waals surface area (Å²) in [6.07, 6.45) is 1.11. The number of rotatable bonds is 5. The largest absolute Gasteiger partial charge is 0.306 e. The van der Waals surface area contributed by atoms with E-state index in [2.05, 4.69) is 50.0 Å². The molecule has 1 aromatic carbocycles. The normalized spacial score (nSPS) is 12.5. The van der Waals surface area contributed by atoms with Crippen molar-refractivity contribution in [1.29, 1.82) is 0 Å². The van der Waals surface area contributed by atoms with Gasteiger partial charge in [-0.1, -0.05) is 43.3 Å². The maximum atomic E-state index is 3.89. The molecule has 0 radical (unpaired) electrons. The van der Waals surface area contributed by atoms with E-state index in [1.54, 1.807) is 0 Å². The summed E-state index contributed by atoms with van der Waals surface area (Å²) in [6.45, 7) is 11.2. The predicted octanol–water partition coefficient (Wildman–Crippen LogP) is 3.48. The van der Waals surface area contributed by atoms with E-state index in [1.165, 1.54) is 16.7 Å². The molecule has 0 amide bonds. The van der Waals surface area contributed by atoms with Crippen LogP contribution >= 0.6 is 0 Å². The SMILES string of the molecule is C=C(C)CNC(C)c1ccc(CC)cc1. The van der Waals surface area contributed by atoms with Crippen molar-refractivity contribution in [2.75, 3.05) is 6.54 Å². The third-order valence-corrected chi connectivity index (χ3v) is 2.60. The summed E-state index contributed by atoms with van der Waals surface area (Å²) in [6, 6.07) is 9.21. The van der Waals surface area contributed by atoms with E-state index in [0.717, 1.165) is 13.0 Å². The fraction of sp³-hybridized carbons (Fsp3) is 0.429. The van der Waals surface area contributed by atoms with Crippen molar-refractivity contribution < 1.29 is 0 Å². The fourth-order valence-corrected chi connectivity index (χ4v) is 1.49. The van der Waals surface area contributed by atoms with Crippen LogP contribution in [-0.2, 0) is 6.42 Å². The van der Waals surface area contributed by atoms with Crippen LogP contribution in [0, 0.1) is 0 Å². The van der Waals surface area contributed by atoms with Gasteiger partial charge in [-0.3, -0.25) is 0 Å². The Balaban J connectivity index is 2.57. The smallest absolute Gasteiger partial charge is 0.0294 e. The molecule has 0 aliphatic rings. The monoisotopic (exact) mass is 203 g/mol. The van der Waals surface area contributed by atoms with Crippen LogP contribution in [0.1, 0.15) is 37.9 Å². The van der Waals surface area contributed by atoms with E-state index in [1.807, 2.05) is 6.92 Å². The lowest BCUT2D eigenvalue weighted by atomic mass is 10.0. The van der Waals surface area contributed by atoms with Gasteiger partial charge in [-0.05, 0) is 31.4 Å². The first-order valence-electron chi connectivity index (χ1n) is 5.60. The number of nitrogens with one attached hydrogen (secondary N) is 1. The summed E-state index contributed by atoms with van der Waals surface area (Å²) in [5.41, 5.74) is 3.91. The van der Waals surface area contributed by atoms with Gasteiger partial charge in [0.1, 0.15) is 0 Å². The minimum Gasteiger partial charge on any atom is -0.306 e. The second-order valence-electron chi connectivity index (χ2n) is 4.15. The zero-order chi connectivity index (χ0) is 11.3. The first-order valence-corrected chi connectivity index (χ1v) is 5.60. The average molecular weight is 203 g/mol. The summed E-state index contributed by atoms with van der Waals surface area (Å²) in [7, 11) is 0. The van der Waals surface area contributed by atoms with E-state index in [9.17, 15) is 0 Å². The Morgan fingerprint density at radius 2 is 1.93 bits per heavy atom. The van der Waals surface area contributed by atoms with Crippen molar-refractivity contribution >= 4 is 0 Å². The van der Waals surface area contributed by atoms with Crippen molar-refractivity contribution in [2.24, 2.45) is 0 Å². The molecule has 1 aromatic rings. The van der Waals surface area contributed by atoms with Crippen molar-refractivity contribution in [2.45, 2.75) is 33.2 Å². The van der Waals surface area contributed by atoms with Crippen molar-refractivity contribution in [3.8, 4) is 0 Å². The molecule has 0 bridgehead atoms. The molecule has 1 heteroatoms. The van der Waals surface area contributed by atoms with Gasteiger partial charge in [-0.25, -0.2) is 0 Å². The van der Waals surface area contributed by atoms with Crippen LogP contribution in [0.15, 0.2) is 36.4 Å². The highest BCUT2D eigenvalue weighted by atomic mass is 14.9. The molecule has 0 aliphatic carbocycles. The molecule has 0 heterocycles. The van der Waals surface area contributed by atoms with E-state index in [0.29, 0.717) is 6.04 Å². The molecule has 0 saturated carbocycles. The van der Waals surface area contributed by atoms with E-state index >= 15 is 0 Å². The first-order chi connectivity index (χ1) is 7.13. The number of aryl methyl sites for hydroxylation is 1. The molecule has 1 nitrogen and oxygen atoms in total. The third kappa shape index (κ3) is 3.88. The Hall–Kier alpha value is -1.08. The molecule has 0 fully saturated rings. The molecule has 0 spiro atoms. The van der Waals surface area contributed by atoms with Crippen LogP contribution in [0.2, 0.25) is 0 Å². The Morgan fingerprint density at radius 3 is 2.40 bits per heavy atom. The second kappa shape index (κ2) is 5.72. The highest BCUT2D eigenvalue weighted by Crippen LogP contribution is 2.13. The summed E-state index contributed by atoms with van der Waals surface area (Å²) >= 11 is 0. The molecule has 1 unspecified atom stereocenters. The predicted molar refractivity (Wildman–Crippen MR) is 67.1 cm³/mol. The Bertz CT molecular complexity index is 311. The number of benzene rings is 1. The van der Waals surface area contributed by atoms with Crippen LogP contribution < -0.4 is 5.32 Å². The molecule has 0 aliphatic heterocycles. The molecule has 0 saturated heterocycles. The van der Waals surface area contributed by atoms with Gasteiger partial charge >= 0.3 is 0 Å². The van der Waals surface area contributed by atoms with Crippen LogP contribution in [0.5, 0.6) is 0 Å². The van der Waals surface area contributed by atoms with Crippen LogP contribution in [0.25, 0.3) is 0 Å². The van der Waals surface area contributed by atoms with Crippen molar-refractivity contribution in [3.05, 3.63) is 47.5 Å². The average Bonchev–Trinajstić information content (AvgIpc) is 2.26. The molecule has 1 rings (SSSR count). The Morgan fingerprint density at radius 1 is 1.33 bits per heavy atom. The van der Waals surface area contributed by atoms with Crippen LogP contribution in [-0.4, -0.2) is 6.54 Å². The molecule has 82 valence electrons. The van der Waals surface area contributed by atoms with Crippen LogP contribution in [0.3, 0.4) is 0 Å². The molecular weight excluding hydrogens is 182 g/mol. The maximum Gasteiger partial charge on any atom is 0.0294 e. The maximum absolute atomic E-state index is 3.89. The summed E-state index contributed by atoms with van der Waals surface area (Å²) in [4.78, 5) is 0. The lowest BCUT2D eigenvalue weighted by Crippen LogP contribution is -2.20. The van der Waals surface area contributed by atoms with Gasteiger partial charge in [0.2, 0.25) is 0 Å². The van der Waals surface area contributed by atoms with Gasteiger partial charge in [-0.2, -0.15) is 0 Å². The lowest BCUT2D eigenvalue weighted by Gasteiger charge is -2.14. The van der Waals surface area contributed by atoms with Crippen molar-refractivity contribution in [1.82, 2.24) is 5.32 Å². The zero-order valence-electron chi connectivity index (χ0n) is 10.0. The first kappa shape index (κ1) is 12.0. The quantitative estimate of drug-likeness (QED) is 0.722. The van der Waals surface area contributed by atoms with E-state index in [-0.39, 0.29) is 0 Å². The van der Waals surface area contributed by atoms with Gasteiger partial charge in [0.15, 0.2) is 0 Å². The van der Waals surface area contributed by atoms with Gasteiger partial charge in [0.25, 0.3) is 0 Å². The van der Waals surface area contributed by atoms with Gasteiger partial charge < -0.3 is 5.32 Å². The molecule has 1 atom stereocenters. The highest BCUT2D eigenvalue weighted by molar-refractivity contribution is 5.24. The molecule has 15 heavy (non-hydrogen) atoms. The van der Waals surface area contributed by atoms with Gasteiger partial charge in [-0.15, -0.1) is 0 Å². The lowest BCUT2D eigenvalue weighted by molar-refractivity contribution is 0.607. The number of hydrogen-bond donors (Lipinski definition) is 1. The second-order valence-corrected chi connectivity index (χ2v) is 4.15. The summed E-state index contributed by atoms with van der Waals surface area (Å²) in [5, 5.41) is 3.44. The summed E-state index contributed by atoms with van der Waals surface area (Å²) in [5.74, 6) is 0. The minimum atomic E-state index is 0.396. The van der Waals surface area contributed by atoms with Gasteiger partial charge in [0, 0.05) is 12.6 Å². The van der Waals surface area contributed by atoms with E-state index in [4.69, 9.17) is 0 Å². The number of hydrogen-bond acceptors (Lipinski definition) is 1. The topological polar surface area (TPSA) is 12.0 Å². The summed E-state index contributed by atoms with van der Waals surface area (Å²) < 4.78 is 0. The minimum absolute atomic E-state index is 0.396.